The predicted octanol–water partition coefficient (Wildman–Crippen LogP) is 2.97. The zero-order chi connectivity index (χ0) is 15.2. The molecule has 1 amide bonds. The van der Waals surface area contributed by atoms with Crippen molar-refractivity contribution in [3.8, 4) is 0 Å². The van der Waals surface area contributed by atoms with E-state index in [1.54, 1.807) is 0 Å². The van der Waals surface area contributed by atoms with Crippen molar-refractivity contribution in [1.82, 2.24) is 4.90 Å². The van der Waals surface area contributed by atoms with Gasteiger partial charge in [0.2, 0.25) is 5.91 Å². The van der Waals surface area contributed by atoms with Crippen LogP contribution in [0.1, 0.15) is 12.0 Å². The third-order valence-corrected chi connectivity index (χ3v) is 4.14. The molecule has 0 aliphatic carbocycles. The Morgan fingerprint density at radius 2 is 1.55 bits per heavy atom. The molecule has 0 aromatic heterocycles. The standard InChI is InChI=1S/C19H22N2O/c22-19-16-20(15-12-17-8-3-1-4-9-17)13-7-14-21(19)18-10-5-2-6-11-18/h1-6,8-11H,7,12-16H2. The van der Waals surface area contributed by atoms with Gasteiger partial charge in [0.1, 0.15) is 0 Å². The largest absolute Gasteiger partial charge is 0.311 e. The lowest BCUT2D eigenvalue weighted by Gasteiger charge is -2.21. The summed E-state index contributed by atoms with van der Waals surface area (Å²) < 4.78 is 0. The van der Waals surface area contributed by atoms with Gasteiger partial charge in [-0.3, -0.25) is 9.69 Å². The molecule has 1 saturated heterocycles. The minimum Gasteiger partial charge on any atom is -0.311 e. The lowest BCUT2D eigenvalue weighted by molar-refractivity contribution is -0.119. The molecular weight excluding hydrogens is 272 g/mol. The molecule has 0 atom stereocenters. The summed E-state index contributed by atoms with van der Waals surface area (Å²) in [5.74, 6) is 0.205. The van der Waals surface area contributed by atoms with Crippen LogP contribution in [0.25, 0.3) is 0 Å². The molecule has 2 aromatic rings. The van der Waals surface area contributed by atoms with Gasteiger partial charge in [-0.2, -0.15) is 0 Å². The van der Waals surface area contributed by atoms with Crippen LogP contribution in [-0.2, 0) is 11.2 Å². The van der Waals surface area contributed by atoms with Crippen molar-refractivity contribution < 1.29 is 4.79 Å². The van der Waals surface area contributed by atoms with Crippen molar-refractivity contribution >= 4 is 11.6 Å². The third kappa shape index (κ3) is 3.74. The van der Waals surface area contributed by atoms with Crippen LogP contribution >= 0.6 is 0 Å². The molecule has 3 rings (SSSR count). The highest BCUT2D eigenvalue weighted by molar-refractivity contribution is 5.95. The van der Waals surface area contributed by atoms with Gasteiger partial charge >= 0.3 is 0 Å². The highest BCUT2D eigenvalue weighted by Gasteiger charge is 2.22. The highest BCUT2D eigenvalue weighted by Crippen LogP contribution is 2.17. The fourth-order valence-electron chi connectivity index (χ4n) is 2.94. The second kappa shape index (κ2) is 7.23. The maximum Gasteiger partial charge on any atom is 0.241 e. The van der Waals surface area contributed by atoms with Gasteiger partial charge in [-0.15, -0.1) is 0 Å². The summed E-state index contributed by atoms with van der Waals surface area (Å²) in [5, 5.41) is 0. The van der Waals surface area contributed by atoms with Crippen molar-refractivity contribution in [2.24, 2.45) is 0 Å². The molecule has 0 unspecified atom stereocenters. The smallest absolute Gasteiger partial charge is 0.241 e. The van der Waals surface area contributed by atoms with E-state index in [0.717, 1.165) is 38.2 Å². The van der Waals surface area contributed by atoms with Crippen LogP contribution in [0.5, 0.6) is 0 Å². The second-order valence-electron chi connectivity index (χ2n) is 5.75. The Balaban J connectivity index is 1.60. The van der Waals surface area contributed by atoms with Gasteiger partial charge in [-0.25, -0.2) is 0 Å². The van der Waals surface area contributed by atoms with Gasteiger partial charge in [-0.05, 0) is 30.5 Å². The molecule has 0 saturated carbocycles. The summed E-state index contributed by atoms with van der Waals surface area (Å²) >= 11 is 0. The molecule has 1 fully saturated rings. The molecule has 3 heteroatoms. The van der Waals surface area contributed by atoms with Crippen molar-refractivity contribution in [3.05, 3.63) is 66.2 Å². The molecule has 3 nitrogen and oxygen atoms in total. The van der Waals surface area contributed by atoms with Crippen LogP contribution < -0.4 is 4.90 Å². The van der Waals surface area contributed by atoms with Gasteiger partial charge < -0.3 is 4.90 Å². The van der Waals surface area contributed by atoms with E-state index in [9.17, 15) is 4.79 Å². The molecule has 0 bridgehead atoms. The minimum atomic E-state index is 0.205. The van der Waals surface area contributed by atoms with Crippen LogP contribution in [0.15, 0.2) is 60.7 Å². The molecular formula is C19H22N2O. The van der Waals surface area contributed by atoms with E-state index in [2.05, 4.69) is 29.2 Å². The lowest BCUT2D eigenvalue weighted by Crippen LogP contribution is -2.37. The average molecular weight is 294 g/mol. The Morgan fingerprint density at radius 1 is 0.864 bits per heavy atom. The first kappa shape index (κ1) is 14.8. The van der Waals surface area contributed by atoms with Crippen LogP contribution in [0.4, 0.5) is 5.69 Å². The summed E-state index contributed by atoms with van der Waals surface area (Å²) in [6.07, 6.45) is 2.02. The Kier molecular flexibility index (Phi) is 4.86. The molecule has 0 radical (unpaired) electrons. The Morgan fingerprint density at radius 3 is 2.27 bits per heavy atom. The van der Waals surface area contributed by atoms with E-state index in [4.69, 9.17) is 0 Å². The molecule has 2 aromatic carbocycles. The number of carbonyl (C=O) groups is 1. The number of benzene rings is 2. The number of nitrogens with zero attached hydrogens (tertiary/aromatic N) is 2. The Labute approximate surface area is 132 Å². The first-order valence-corrected chi connectivity index (χ1v) is 7.94. The highest BCUT2D eigenvalue weighted by atomic mass is 16.2. The molecule has 1 heterocycles. The van der Waals surface area contributed by atoms with Gasteiger partial charge in [0.25, 0.3) is 0 Å². The summed E-state index contributed by atoms with van der Waals surface area (Å²) in [7, 11) is 0. The quantitative estimate of drug-likeness (QED) is 0.865. The third-order valence-electron chi connectivity index (χ3n) is 4.14. The fraction of sp³-hybridized carbons (Fsp3) is 0.316. The maximum atomic E-state index is 12.5. The van der Waals surface area contributed by atoms with Crippen molar-refractivity contribution in [1.29, 1.82) is 0 Å². The SMILES string of the molecule is O=C1CN(CCc2ccccc2)CCCN1c1ccccc1. The van der Waals surface area contributed by atoms with E-state index in [-0.39, 0.29) is 5.91 Å². The fourth-order valence-corrected chi connectivity index (χ4v) is 2.94. The average Bonchev–Trinajstić information content (AvgIpc) is 2.76. The van der Waals surface area contributed by atoms with E-state index in [1.807, 2.05) is 41.3 Å². The second-order valence-corrected chi connectivity index (χ2v) is 5.75. The van der Waals surface area contributed by atoms with Gasteiger partial charge in [0.15, 0.2) is 0 Å². The number of carbonyl (C=O) groups excluding carboxylic acids is 1. The summed E-state index contributed by atoms with van der Waals surface area (Å²) in [4.78, 5) is 16.7. The molecule has 0 spiro atoms. The Hall–Kier alpha value is -2.13. The normalized spacial score (nSPS) is 16.5. The molecule has 1 aliphatic rings. The summed E-state index contributed by atoms with van der Waals surface area (Å²) in [5.41, 5.74) is 2.34. The van der Waals surface area contributed by atoms with E-state index >= 15 is 0 Å². The van der Waals surface area contributed by atoms with Crippen LogP contribution in [0.2, 0.25) is 0 Å². The molecule has 1 aliphatic heterocycles. The predicted molar refractivity (Wildman–Crippen MR) is 90.0 cm³/mol. The van der Waals surface area contributed by atoms with Crippen LogP contribution in [-0.4, -0.2) is 37.0 Å². The molecule has 114 valence electrons. The first-order valence-electron chi connectivity index (χ1n) is 7.94. The van der Waals surface area contributed by atoms with E-state index in [0.29, 0.717) is 6.54 Å². The number of para-hydroxylation sites is 1. The zero-order valence-corrected chi connectivity index (χ0v) is 12.8. The Bertz CT molecular complexity index is 597. The van der Waals surface area contributed by atoms with Crippen molar-refractivity contribution in [2.45, 2.75) is 12.8 Å². The topological polar surface area (TPSA) is 23.6 Å². The lowest BCUT2D eigenvalue weighted by atomic mass is 10.1. The molecule has 22 heavy (non-hydrogen) atoms. The first-order chi connectivity index (χ1) is 10.8. The number of hydrogen-bond acceptors (Lipinski definition) is 2. The minimum absolute atomic E-state index is 0.205. The van der Waals surface area contributed by atoms with E-state index in [1.165, 1.54) is 5.56 Å². The van der Waals surface area contributed by atoms with Crippen LogP contribution in [0.3, 0.4) is 0 Å². The summed E-state index contributed by atoms with van der Waals surface area (Å²) in [6, 6.07) is 20.5. The van der Waals surface area contributed by atoms with Crippen LogP contribution in [0, 0.1) is 0 Å². The van der Waals surface area contributed by atoms with Crippen molar-refractivity contribution in [2.75, 3.05) is 31.1 Å². The number of rotatable bonds is 4. The molecule has 0 N–H and O–H groups in total. The number of anilines is 1. The summed E-state index contributed by atoms with van der Waals surface area (Å²) in [6.45, 7) is 3.26. The van der Waals surface area contributed by atoms with Gasteiger partial charge in [0, 0.05) is 25.3 Å². The van der Waals surface area contributed by atoms with Gasteiger partial charge in [-0.1, -0.05) is 48.5 Å². The number of hydrogen-bond donors (Lipinski definition) is 0. The number of amides is 1. The van der Waals surface area contributed by atoms with Gasteiger partial charge in [0.05, 0.1) is 6.54 Å². The van der Waals surface area contributed by atoms with Crippen molar-refractivity contribution in [3.63, 3.8) is 0 Å². The monoisotopic (exact) mass is 294 g/mol. The maximum absolute atomic E-state index is 12.5. The van der Waals surface area contributed by atoms with E-state index < -0.39 is 0 Å². The zero-order valence-electron chi connectivity index (χ0n) is 12.8.